The molecule has 112 valence electrons. The molecule has 2 atom stereocenters. The molecule has 2 aliphatic heterocycles. The van der Waals surface area contributed by atoms with E-state index in [1.54, 1.807) is 0 Å². The summed E-state index contributed by atoms with van der Waals surface area (Å²) in [4.78, 5) is 14.6. The second kappa shape index (κ2) is 5.34. The fraction of sp³-hybridized carbons (Fsp3) is 0.588. The van der Waals surface area contributed by atoms with Crippen molar-refractivity contribution in [2.75, 3.05) is 13.1 Å². The molecule has 4 rings (SSSR count). The molecule has 0 bridgehead atoms. The molecule has 1 amide bonds. The fourth-order valence-corrected chi connectivity index (χ4v) is 3.41. The number of carbonyl (C=O) groups is 1. The van der Waals surface area contributed by atoms with Crippen LogP contribution < -0.4 is 10.1 Å². The Kier molecular flexibility index (Phi) is 3.34. The van der Waals surface area contributed by atoms with E-state index in [9.17, 15) is 4.79 Å². The summed E-state index contributed by atoms with van der Waals surface area (Å²) < 4.78 is 5.97. The SMILES string of the molecule is O=C1C(NC2CC2)CCCN1CC1Cc2ccccc2O1. The molecule has 1 N–H and O–H groups in total. The molecule has 2 unspecified atom stereocenters. The first kappa shape index (κ1) is 13.1. The number of ether oxygens (including phenoxy) is 1. The molecule has 2 heterocycles. The van der Waals surface area contributed by atoms with Gasteiger partial charge in [-0.05, 0) is 37.3 Å². The van der Waals surface area contributed by atoms with Crippen molar-refractivity contribution >= 4 is 5.91 Å². The highest BCUT2D eigenvalue weighted by molar-refractivity contribution is 5.82. The number of amides is 1. The van der Waals surface area contributed by atoms with E-state index in [1.165, 1.54) is 18.4 Å². The zero-order valence-electron chi connectivity index (χ0n) is 12.3. The predicted octanol–water partition coefficient (Wildman–Crippen LogP) is 1.73. The van der Waals surface area contributed by atoms with E-state index in [1.807, 2.05) is 23.1 Å². The van der Waals surface area contributed by atoms with Gasteiger partial charge in [-0.3, -0.25) is 4.79 Å². The number of rotatable bonds is 4. The van der Waals surface area contributed by atoms with Crippen LogP contribution in [0.2, 0.25) is 0 Å². The van der Waals surface area contributed by atoms with Crippen LogP contribution >= 0.6 is 0 Å². The van der Waals surface area contributed by atoms with Gasteiger partial charge in [0.2, 0.25) is 5.91 Å². The molecule has 4 nitrogen and oxygen atoms in total. The molecule has 3 aliphatic rings. The lowest BCUT2D eigenvalue weighted by Gasteiger charge is -2.34. The zero-order valence-corrected chi connectivity index (χ0v) is 12.3. The minimum atomic E-state index is 0.0371. The smallest absolute Gasteiger partial charge is 0.239 e. The summed E-state index contributed by atoms with van der Waals surface area (Å²) in [6.45, 7) is 1.59. The Morgan fingerprint density at radius 1 is 1.24 bits per heavy atom. The maximum Gasteiger partial charge on any atom is 0.239 e. The molecular weight excluding hydrogens is 264 g/mol. The monoisotopic (exact) mass is 286 g/mol. The summed E-state index contributed by atoms with van der Waals surface area (Å²) in [6, 6.07) is 8.81. The van der Waals surface area contributed by atoms with Crippen molar-refractivity contribution in [1.82, 2.24) is 10.2 Å². The Bertz CT molecular complexity index is 516. The average Bonchev–Trinajstić information content (AvgIpc) is 3.20. The van der Waals surface area contributed by atoms with E-state index in [4.69, 9.17) is 4.74 Å². The zero-order chi connectivity index (χ0) is 14.2. The van der Waals surface area contributed by atoms with Crippen LogP contribution in [0.5, 0.6) is 5.75 Å². The largest absolute Gasteiger partial charge is 0.488 e. The lowest BCUT2D eigenvalue weighted by molar-refractivity contribution is -0.137. The van der Waals surface area contributed by atoms with Crippen molar-refractivity contribution in [2.45, 2.75) is 50.3 Å². The highest BCUT2D eigenvalue weighted by Crippen LogP contribution is 2.29. The van der Waals surface area contributed by atoms with E-state index in [-0.39, 0.29) is 18.1 Å². The molecule has 0 radical (unpaired) electrons. The molecule has 21 heavy (non-hydrogen) atoms. The van der Waals surface area contributed by atoms with Crippen LogP contribution in [-0.4, -0.2) is 42.1 Å². The van der Waals surface area contributed by atoms with Gasteiger partial charge in [-0.15, -0.1) is 0 Å². The average molecular weight is 286 g/mol. The lowest BCUT2D eigenvalue weighted by Crippen LogP contribution is -2.53. The van der Waals surface area contributed by atoms with E-state index >= 15 is 0 Å². The molecular formula is C17H22N2O2. The van der Waals surface area contributed by atoms with Gasteiger partial charge in [0.05, 0.1) is 12.6 Å². The van der Waals surface area contributed by atoms with Crippen LogP contribution in [0.1, 0.15) is 31.2 Å². The first-order valence-corrected chi connectivity index (χ1v) is 8.09. The summed E-state index contributed by atoms with van der Waals surface area (Å²) in [7, 11) is 0. The van der Waals surface area contributed by atoms with E-state index in [2.05, 4.69) is 11.4 Å². The number of carbonyl (C=O) groups excluding carboxylic acids is 1. The Hall–Kier alpha value is -1.55. The molecule has 0 aromatic heterocycles. The third kappa shape index (κ3) is 2.77. The van der Waals surface area contributed by atoms with E-state index in [0.29, 0.717) is 6.04 Å². The molecule has 4 heteroatoms. The molecule has 1 saturated carbocycles. The number of piperidine rings is 1. The summed E-state index contributed by atoms with van der Waals surface area (Å²) >= 11 is 0. The van der Waals surface area contributed by atoms with E-state index < -0.39 is 0 Å². The number of nitrogens with zero attached hydrogens (tertiary/aromatic N) is 1. The van der Waals surface area contributed by atoms with Crippen LogP contribution in [0.3, 0.4) is 0 Å². The van der Waals surface area contributed by atoms with Crippen molar-refractivity contribution in [2.24, 2.45) is 0 Å². The van der Waals surface area contributed by atoms with Gasteiger partial charge in [0.25, 0.3) is 0 Å². The first-order chi connectivity index (χ1) is 10.3. The van der Waals surface area contributed by atoms with Crippen LogP contribution in [0, 0.1) is 0 Å². The van der Waals surface area contributed by atoms with Crippen molar-refractivity contribution in [3.05, 3.63) is 29.8 Å². The molecule has 2 fully saturated rings. The van der Waals surface area contributed by atoms with Crippen molar-refractivity contribution < 1.29 is 9.53 Å². The Labute approximate surface area is 125 Å². The van der Waals surface area contributed by atoms with Gasteiger partial charge in [-0.2, -0.15) is 0 Å². The van der Waals surface area contributed by atoms with Crippen molar-refractivity contribution in [3.63, 3.8) is 0 Å². The Balaban J connectivity index is 1.37. The normalized spacial score (nSPS) is 28.4. The Morgan fingerprint density at radius 2 is 2.10 bits per heavy atom. The first-order valence-electron chi connectivity index (χ1n) is 8.09. The van der Waals surface area contributed by atoms with Crippen LogP contribution in [-0.2, 0) is 11.2 Å². The number of fused-ring (bicyclic) bond motifs is 1. The molecule has 1 aliphatic carbocycles. The predicted molar refractivity (Wildman–Crippen MR) is 80.3 cm³/mol. The highest BCUT2D eigenvalue weighted by atomic mass is 16.5. The van der Waals surface area contributed by atoms with Gasteiger partial charge in [-0.25, -0.2) is 0 Å². The topological polar surface area (TPSA) is 41.6 Å². The maximum atomic E-state index is 12.6. The van der Waals surface area contributed by atoms with Gasteiger partial charge in [0.1, 0.15) is 11.9 Å². The van der Waals surface area contributed by atoms with Gasteiger partial charge in [-0.1, -0.05) is 18.2 Å². The molecule has 1 aromatic rings. The summed E-state index contributed by atoms with van der Waals surface area (Å²) in [5.74, 6) is 1.26. The second-order valence-corrected chi connectivity index (χ2v) is 6.47. The van der Waals surface area contributed by atoms with Gasteiger partial charge < -0.3 is 15.0 Å². The highest BCUT2D eigenvalue weighted by Gasteiger charge is 2.35. The molecule has 1 aromatic carbocycles. The van der Waals surface area contributed by atoms with Crippen molar-refractivity contribution in [1.29, 1.82) is 0 Å². The third-order valence-electron chi connectivity index (χ3n) is 4.68. The van der Waals surface area contributed by atoms with Crippen LogP contribution in [0.25, 0.3) is 0 Å². The number of benzene rings is 1. The number of nitrogens with one attached hydrogen (secondary N) is 1. The number of para-hydroxylation sites is 1. The summed E-state index contributed by atoms with van der Waals surface area (Å²) in [5.41, 5.74) is 1.26. The third-order valence-corrected chi connectivity index (χ3v) is 4.68. The number of hydrogen-bond acceptors (Lipinski definition) is 3. The van der Waals surface area contributed by atoms with Gasteiger partial charge >= 0.3 is 0 Å². The van der Waals surface area contributed by atoms with Crippen LogP contribution in [0.4, 0.5) is 0 Å². The fourth-order valence-electron chi connectivity index (χ4n) is 3.41. The van der Waals surface area contributed by atoms with Gasteiger partial charge in [0.15, 0.2) is 0 Å². The number of hydrogen-bond donors (Lipinski definition) is 1. The molecule has 0 spiro atoms. The van der Waals surface area contributed by atoms with E-state index in [0.717, 1.165) is 38.1 Å². The maximum absolute atomic E-state index is 12.6. The van der Waals surface area contributed by atoms with Crippen molar-refractivity contribution in [3.8, 4) is 5.75 Å². The lowest BCUT2D eigenvalue weighted by atomic mass is 10.0. The standard InChI is InChI=1S/C17H22N2O2/c20-17-15(18-13-7-8-13)5-3-9-19(17)11-14-10-12-4-1-2-6-16(12)21-14/h1-2,4,6,13-15,18H,3,5,7-11H2. The minimum absolute atomic E-state index is 0.0371. The minimum Gasteiger partial charge on any atom is -0.488 e. The number of likely N-dealkylation sites (tertiary alicyclic amines) is 1. The quantitative estimate of drug-likeness (QED) is 0.916. The van der Waals surface area contributed by atoms with Crippen LogP contribution in [0.15, 0.2) is 24.3 Å². The van der Waals surface area contributed by atoms with Gasteiger partial charge in [0, 0.05) is 19.0 Å². The second-order valence-electron chi connectivity index (χ2n) is 6.47. The molecule has 1 saturated heterocycles. The summed E-state index contributed by atoms with van der Waals surface area (Å²) in [5, 5.41) is 3.48. The Morgan fingerprint density at radius 3 is 2.90 bits per heavy atom. The summed E-state index contributed by atoms with van der Waals surface area (Å²) in [6.07, 6.45) is 5.56.